The Hall–Kier alpha value is -1.32. The van der Waals surface area contributed by atoms with E-state index in [0.29, 0.717) is 5.92 Å². The molecule has 1 N–H and O–H groups in total. The number of hydroxylamine groups is 3. The molecular formula is C17H22N2O. The average Bonchev–Trinajstić information content (AvgIpc) is 2.84. The highest BCUT2D eigenvalue weighted by Gasteiger charge is 2.42. The van der Waals surface area contributed by atoms with Gasteiger partial charge in [0.05, 0.1) is 18.8 Å². The SMILES string of the molecule is CC[C@H]1CC[C@H]2c3[nH]c4ccccc4c3CC[N@+]2([O-])C1. The summed E-state index contributed by atoms with van der Waals surface area (Å²) in [6.45, 7) is 3.79. The molecule has 1 aromatic heterocycles. The predicted molar refractivity (Wildman–Crippen MR) is 81.1 cm³/mol. The number of aromatic amines is 1. The predicted octanol–water partition coefficient (Wildman–Crippen LogP) is 3.90. The Morgan fingerprint density at radius 3 is 3.00 bits per heavy atom. The summed E-state index contributed by atoms with van der Waals surface area (Å²) in [4.78, 5) is 3.56. The van der Waals surface area contributed by atoms with Crippen LogP contribution in [0.1, 0.15) is 43.5 Å². The van der Waals surface area contributed by atoms with E-state index < -0.39 is 0 Å². The van der Waals surface area contributed by atoms with Crippen LogP contribution < -0.4 is 0 Å². The molecule has 1 fully saturated rings. The lowest BCUT2D eigenvalue weighted by atomic mass is 9.84. The van der Waals surface area contributed by atoms with Crippen molar-refractivity contribution in [3.05, 3.63) is 40.7 Å². The molecule has 0 unspecified atom stereocenters. The van der Waals surface area contributed by atoms with Crippen LogP contribution in [0.5, 0.6) is 0 Å². The molecule has 4 rings (SSSR count). The van der Waals surface area contributed by atoms with Crippen molar-refractivity contribution in [1.29, 1.82) is 0 Å². The number of rotatable bonds is 1. The summed E-state index contributed by atoms with van der Waals surface area (Å²) in [7, 11) is 0. The van der Waals surface area contributed by atoms with E-state index in [1.807, 2.05) is 0 Å². The quantitative estimate of drug-likeness (QED) is 0.619. The Balaban J connectivity index is 1.80. The highest BCUT2D eigenvalue weighted by atomic mass is 16.5. The molecule has 0 saturated carbocycles. The number of piperidine rings is 1. The van der Waals surface area contributed by atoms with Crippen molar-refractivity contribution in [3.63, 3.8) is 0 Å². The van der Waals surface area contributed by atoms with Gasteiger partial charge in [-0.05, 0) is 24.5 Å². The maximum Gasteiger partial charge on any atom is 0.130 e. The lowest BCUT2D eigenvalue weighted by Crippen LogP contribution is -2.54. The summed E-state index contributed by atoms with van der Waals surface area (Å²) in [6, 6.07) is 8.63. The van der Waals surface area contributed by atoms with Gasteiger partial charge in [0.1, 0.15) is 6.04 Å². The van der Waals surface area contributed by atoms with Crippen LogP contribution in [0.25, 0.3) is 10.9 Å². The first kappa shape index (κ1) is 12.4. The summed E-state index contributed by atoms with van der Waals surface area (Å²) in [5, 5.41) is 14.6. The Morgan fingerprint density at radius 2 is 2.15 bits per heavy atom. The van der Waals surface area contributed by atoms with E-state index in [0.717, 1.165) is 32.4 Å². The van der Waals surface area contributed by atoms with Gasteiger partial charge in [-0.1, -0.05) is 25.1 Å². The van der Waals surface area contributed by atoms with Gasteiger partial charge in [-0.15, -0.1) is 0 Å². The third-order valence-corrected chi connectivity index (χ3v) is 5.48. The molecule has 3 heteroatoms. The summed E-state index contributed by atoms with van der Waals surface area (Å²) < 4.78 is 0.0122. The minimum Gasteiger partial charge on any atom is -0.632 e. The third-order valence-electron chi connectivity index (χ3n) is 5.48. The molecule has 2 aliphatic rings. The van der Waals surface area contributed by atoms with Crippen LogP contribution in [0.15, 0.2) is 24.3 Å². The van der Waals surface area contributed by atoms with Gasteiger partial charge in [0.2, 0.25) is 0 Å². The zero-order valence-corrected chi connectivity index (χ0v) is 12.1. The Bertz CT molecular complexity index is 647. The molecule has 2 aromatic rings. The molecule has 1 saturated heterocycles. The van der Waals surface area contributed by atoms with Crippen LogP contribution in [0, 0.1) is 11.1 Å². The van der Waals surface area contributed by atoms with Crippen LogP contribution >= 0.6 is 0 Å². The smallest absolute Gasteiger partial charge is 0.130 e. The van der Waals surface area contributed by atoms with Crippen LogP contribution in [-0.4, -0.2) is 22.7 Å². The van der Waals surface area contributed by atoms with Gasteiger partial charge < -0.3 is 14.8 Å². The van der Waals surface area contributed by atoms with Crippen LogP contribution in [0.2, 0.25) is 0 Å². The van der Waals surface area contributed by atoms with Crippen LogP contribution in [-0.2, 0) is 6.42 Å². The summed E-state index contributed by atoms with van der Waals surface area (Å²) >= 11 is 0. The summed E-state index contributed by atoms with van der Waals surface area (Å²) in [5.41, 5.74) is 3.84. The minimum absolute atomic E-state index is 0.0122. The fourth-order valence-electron chi connectivity index (χ4n) is 4.32. The molecule has 0 amide bonds. The fourth-order valence-corrected chi connectivity index (χ4v) is 4.32. The Morgan fingerprint density at radius 1 is 1.30 bits per heavy atom. The lowest BCUT2D eigenvalue weighted by Gasteiger charge is -2.55. The maximum absolute atomic E-state index is 13.2. The monoisotopic (exact) mass is 270 g/mol. The number of hydrogen-bond acceptors (Lipinski definition) is 1. The number of hydrogen-bond donors (Lipinski definition) is 1. The highest BCUT2D eigenvalue weighted by molar-refractivity contribution is 5.85. The van der Waals surface area contributed by atoms with Crippen molar-refractivity contribution in [2.45, 2.75) is 38.6 Å². The van der Waals surface area contributed by atoms with Gasteiger partial charge in [-0.3, -0.25) is 0 Å². The second kappa shape index (κ2) is 4.34. The molecule has 0 aliphatic carbocycles. The Labute approximate surface area is 119 Å². The molecule has 106 valence electrons. The highest BCUT2D eigenvalue weighted by Crippen LogP contribution is 2.45. The van der Waals surface area contributed by atoms with Gasteiger partial charge in [-0.25, -0.2) is 0 Å². The van der Waals surface area contributed by atoms with E-state index in [-0.39, 0.29) is 10.7 Å². The fraction of sp³-hybridized carbons (Fsp3) is 0.529. The topological polar surface area (TPSA) is 38.8 Å². The molecule has 3 heterocycles. The molecule has 0 bridgehead atoms. The van der Waals surface area contributed by atoms with Crippen molar-refractivity contribution < 1.29 is 4.65 Å². The zero-order valence-electron chi connectivity index (χ0n) is 12.1. The maximum atomic E-state index is 13.2. The molecule has 0 spiro atoms. The number of aromatic nitrogens is 1. The third kappa shape index (κ3) is 1.66. The van der Waals surface area contributed by atoms with Gasteiger partial charge in [0.15, 0.2) is 0 Å². The second-order valence-electron chi connectivity index (χ2n) is 6.54. The first-order valence-electron chi connectivity index (χ1n) is 7.88. The van der Waals surface area contributed by atoms with Gasteiger partial charge in [0, 0.05) is 29.7 Å². The number of fused-ring (bicyclic) bond motifs is 5. The van der Waals surface area contributed by atoms with Crippen LogP contribution in [0.3, 0.4) is 0 Å². The van der Waals surface area contributed by atoms with Crippen molar-refractivity contribution in [2.75, 3.05) is 13.1 Å². The average molecular weight is 270 g/mol. The molecule has 20 heavy (non-hydrogen) atoms. The van der Waals surface area contributed by atoms with Gasteiger partial charge in [0.25, 0.3) is 0 Å². The number of para-hydroxylation sites is 1. The normalized spacial score (nSPS) is 32.9. The van der Waals surface area contributed by atoms with E-state index in [9.17, 15) is 5.21 Å². The van der Waals surface area contributed by atoms with E-state index >= 15 is 0 Å². The molecule has 3 nitrogen and oxygen atoms in total. The zero-order chi connectivity index (χ0) is 13.7. The van der Waals surface area contributed by atoms with Gasteiger partial charge in [-0.2, -0.15) is 0 Å². The first-order valence-corrected chi connectivity index (χ1v) is 7.88. The van der Waals surface area contributed by atoms with Crippen molar-refractivity contribution >= 4 is 10.9 Å². The number of quaternary nitrogens is 1. The van der Waals surface area contributed by atoms with E-state index in [4.69, 9.17) is 0 Å². The number of benzene rings is 1. The summed E-state index contributed by atoms with van der Waals surface area (Å²) in [6.07, 6.45) is 4.32. The molecule has 2 aliphatic heterocycles. The molecule has 1 aromatic carbocycles. The standard InChI is InChI=1S/C17H22N2O/c1-2-12-7-8-16-17-14(9-10-19(16,20)11-12)13-5-3-4-6-15(13)18-17/h3-6,12,16,18H,2,7-11H2,1H3/t12-,16-,19-/m0/s1. The van der Waals surface area contributed by atoms with Crippen LogP contribution in [0.4, 0.5) is 0 Å². The molecular weight excluding hydrogens is 248 g/mol. The largest absolute Gasteiger partial charge is 0.632 e. The first-order chi connectivity index (χ1) is 9.71. The van der Waals surface area contributed by atoms with E-state index in [2.05, 4.69) is 36.2 Å². The van der Waals surface area contributed by atoms with E-state index in [1.54, 1.807) is 0 Å². The molecule has 0 radical (unpaired) electrons. The van der Waals surface area contributed by atoms with Crippen molar-refractivity contribution in [3.8, 4) is 0 Å². The van der Waals surface area contributed by atoms with Crippen molar-refractivity contribution in [2.24, 2.45) is 5.92 Å². The second-order valence-corrected chi connectivity index (χ2v) is 6.54. The summed E-state index contributed by atoms with van der Waals surface area (Å²) in [5.74, 6) is 0.620. The number of H-pyrrole nitrogens is 1. The Kier molecular flexibility index (Phi) is 2.69. The van der Waals surface area contributed by atoms with Gasteiger partial charge >= 0.3 is 0 Å². The molecule has 3 atom stereocenters. The minimum atomic E-state index is 0.0122. The lowest BCUT2D eigenvalue weighted by molar-refractivity contribution is -0.922. The number of nitrogens with zero attached hydrogens (tertiary/aromatic N) is 1. The van der Waals surface area contributed by atoms with E-state index in [1.165, 1.54) is 28.6 Å². The number of nitrogens with one attached hydrogen (secondary N) is 1. The van der Waals surface area contributed by atoms with Crippen molar-refractivity contribution in [1.82, 2.24) is 4.98 Å².